The van der Waals surface area contributed by atoms with Crippen molar-refractivity contribution >= 4 is 9.84 Å². The molecule has 0 aliphatic carbocycles. The van der Waals surface area contributed by atoms with Crippen LogP contribution in [0.5, 0.6) is 0 Å². The van der Waals surface area contributed by atoms with Crippen LogP contribution in [0.1, 0.15) is 40.0 Å². The first-order valence-electron chi connectivity index (χ1n) is 4.99. The van der Waals surface area contributed by atoms with E-state index in [0.29, 0.717) is 11.7 Å². The standard InChI is InChI=1S/C10H22O2S/c1-9(2)6-5-7-10(3)8-13(4,11)12/h9-10H,5-8H2,1-4H3. The molecule has 0 aromatic rings. The van der Waals surface area contributed by atoms with Gasteiger partial charge in [0.05, 0.1) is 5.75 Å². The van der Waals surface area contributed by atoms with Crippen LogP contribution in [0, 0.1) is 11.8 Å². The Morgan fingerprint density at radius 2 is 1.62 bits per heavy atom. The van der Waals surface area contributed by atoms with Crippen molar-refractivity contribution in [3.63, 3.8) is 0 Å². The van der Waals surface area contributed by atoms with Gasteiger partial charge in [-0.1, -0.05) is 33.6 Å². The SMILES string of the molecule is CC(C)CCCC(C)CS(C)(=O)=O. The lowest BCUT2D eigenvalue weighted by Gasteiger charge is -2.10. The van der Waals surface area contributed by atoms with E-state index in [1.165, 1.54) is 12.7 Å². The number of sulfone groups is 1. The second-order valence-electron chi connectivity index (χ2n) is 4.52. The molecule has 1 atom stereocenters. The van der Waals surface area contributed by atoms with Gasteiger partial charge in [-0.2, -0.15) is 0 Å². The molecule has 0 bridgehead atoms. The Morgan fingerprint density at radius 1 is 1.08 bits per heavy atom. The van der Waals surface area contributed by atoms with Gasteiger partial charge in [0, 0.05) is 6.26 Å². The Labute approximate surface area is 82.6 Å². The highest BCUT2D eigenvalue weighted by atomic mass is 32.2. The van der Waals surface area contributed by atoms with E-state index in [-0.39, 0.29) is 0 Å². The van der Waals surface area contributed by atoms with Gasteiger partial charge < -0.3 is 0 Å². The zero-order valence-electron chi connectivity index (χ0n) is 9.21. The van der Waals surface area contributed by atoms with E-state index in [2.05, 4.69) is 13.8 Å². The highest BCUT2D eigenvalue weighted by Gasteiger charge is 2.10. The predicted octanol–water partition coefficient (Wildman–Crippen LogP) is 2.49. The Morgan fingerprint density at radius 3 is 2.00 bits per heavy atom. The zero-order valence-corrected chi connectivity index (χ0v) is 10.0. The third-order valence-corrected chi connectivity index (χ3v) is 3.24. The van der Waals surface area contributed by atoms with Crippen LogP contribution in [0.15, 0.2) is 0 Å². The summed E-state index contributed by atoms with van der Waals surface area (Å²) in [6, 6.07) is 0. The summed E-state index contributed by atoms with van der Waals surface area (Å²) in [5.41, 5.74) is 0. The number of hydrogen-bond acceptors (Lipinski definition) is 2. The smallest absolute Gasteiger partial charge is 0.147 e. The summed E-state index contributed by atoms with van der Waals surface area (Å²) in [6.07, 6.45) is 4.69. The number of hydrogen-bond donors (Lipinski definition) is 0. The van der Waals surface area contributed by atoms with Crippen molar-refractivity contribution in [3.8, 4) is 0 Å². The minimum Gasteiger partial charge on any atom is -0.229 e. The lowest BCUT2D eigenvalue weighted by Crippen LogP contribution is -2.12. The Bertz CT molecular complexity index is 217. The van der Waals surface area contributed by atoms with Gasteiger partial charge in [0.25, 0.3) is 0 Å². The highest BCUT2D eigenvalue weighted by molar-refractivity contribution is 7.90. The van der Waals surface area contributed by atoms with E-state index in [9.17, 15) is 8.42 Å². The van der Waals surface area contributed by atoms with Crippen LogP contribution in [-0.4, -0.2) is 20.4 Å². The van der Waals surface area contributed by atoms with Crippen molar-refractivity contribution < 1.29 is 8.42 Å². The first-order valence-corrected chi connectivity index (χ1v) is 7.05. The minimum absolute atomic E-state index is 0.314. The van der Waals surface area contributed by atoms with E-state index in [4.69, 9.17) is 0 Å². The maximum absolute atomic E-state index is 10.9. The van der Waals surface area contributed by atoms with Gasteiger partial charge in [-0.25, -0.2) is 8.42 Å². The molecule has 0 radical (unpaired) electrons. The maximum atomic E-state index is 10.9. The topological polar surface area (TPSA) is 34.1 Å². The molecule has 0 N–H and O–H groups in total. The van der Waals surface area contributed by atoms with E-state index in [1.54, 1.807) is 0 Å². The quantitative estimate of drug-likeness (QED) is 0.669. The third kappa shape index (κ3) is 9.87. The summed E-state index contributed by atoms with van der Waals surface area (Å²) in [6.45, 7) is 6.41. The van der Waals surface area contributed by atoms with Gasteiger partial charge in [-0.3, -0.25) is 0 Å². The van der Waals surface area contributed by atoms with Gasteiger partial charge in [-0.15, -0.1) is 0 Å². The Hall–Kier alpha value is -0.0500. The molecule has 80 valence electrons. The molecule has 0 saturated heterocycles. The first kappa shape index (κ1) is 12.9. The van der Waals surface area contributed by atoms with Crippen LogP contribution in [0.25, 0.3) is 0 Å². The Balaban J connectivity index is 3.58. The monoisotopic (exact) mass is 206 g/mol. The lowest BCUT2D eigenvalue weighted by molar-refractivity contribution is 0.477. The molecular weight excluding hydrogens is 184 g/mol. The molecule has 3 heteroatoms. The normalized spacial score (nSPS) is 14.8. The van der Waals surface area contributed by atoms with Crippen LogP contribution >= 0.6 is 0 Å². The molecular formula is C10H22O2S. The summed E-state index contributed by atoms with van der Waals surface area (Å²) < 4.78 is 21.9. The average Bonchev–Trinajstić information content (AvgIpc) is 1.81. The summed E-state index contributed by atoms with van der Waals surface area (Å²) in [7, 11) is -2.77. The summed E-state index contributed by atoms with van der Waals surface area (Å²) in [5.74, 6) is 1.38. The molecule has 0 fully saturated rings. The van der Waals surface area contributed by atoms with E-state index in [0.717, 1.165) is 18.8 Å². The molecule has 0 spiro atoms. The average molecular weight is 206 g/mol. The van der Waals surface area contributed by atoms with E-state index < -0.39 is 9.84 Å². The van der Waals surface area contributed by atoms with Crippen molar-refractivity contribution in [3.05, 3.63) is 0 Å². The van der Waals surface area contributed by atoms with Crippen LogP contribution in [0.3, 0.4) is 0 Å². The van der Waals surface area contributed by atoms with Gasteiger partial charge in [-0.05, 0) is 18.3 Å². The van der Waals surface area contributed by atoms with Crippen molar-refractivity contribution in [2.75, 3.05) is 12.0 Å². The van der Waals surface area contributed by atoms with Crippen LogP contribution in [0.2, 0.25) is 0 Å². The Kier molecular flexibility index (Phi) is 5.61. The molecule has 0 rings (SSSR count). The molecule has 2 nitrogen and oxygen atoms in total. The zero-order chi connectivity index (χ0) is 10.5. The van der Waals surface area contributed by atoms with Gasteiger partial charge in [0.1, 0.15) is 9.84 Å². The van der Waals surface area contributed by atoms with Crippen molar-refractivity contribution in [1.29, 1.82) is 0 Å². The molecule has 0 aliphatic rings. The van der Waals surface area contributed by atoms with Crippen LogP contribution in [-0.2, 0) is 9.84 Å². The third-order valence-electron chi connectivity index (χ3n) is 2.07. The molecule has 1 unspecified atom stereocenters. The van der Waals surface area contributed by atoms with Gasteiger partial charge in [0.2, 0.25) is 0 Å². The first-order chi connectivity index (χ1) is 5.81. The summed E-state index contributed by atoms with van der Waals surface area (Å²) in [4.78, 5) is 0. The van der Waals surface area contributed by atoms with Crippen LogP contribution in [0.4, 0.5) is 0 Å². The van der Waals surface area contributed by atoms with Crippen molar-refractivity contribution in [2.24, 2.45) is 11.8 Å². The second-order valence-corrected chi connectivity index (χ2v) is 6.71. The summed E-state index contributed by atoms with van der Waals surface area (Å²) in [5, 5.41) is 0. The molecule has 0 saturated carbocycles. The lowest BCUT2D eigenvalue weighted by atomic mass is 10.0. The minimum atomic E-state index is -2.77. The van der Waals surface area contributed by atoms with E-state index >= 15 is 0 Å². The van der Waals surface area contributed by atoms with Gasteiger partial charge in [0.15, 0.2) is 0 Å². The van der Waals surface area contributed by atoms with Crippen molar-refractivity contribution in [2.45, 2.75) is 40.0 Å². The fourth-order valence-electron chi connectivity index (χ4n) is 1.47. The van der Waals surface area contributed by atoms with E-state index in [1.807, 2.05) is 6.92 Å². The molecule has 0 aromatic carbocycles. The molecule has 0 aliphatic heterocycles. The second kappa shape index (κ2) is 5.63. The highest BCUT2D eigenvalue weighted by Crippen LogP contribution is 2.13. The summed E-state index contributed by atoms with van der Waals surface area (Å²) >= 11 is 0. The molecule has 13 heavy (non-hydrogen) atoms. The van der Waals surface area contributed by atoms with Gasteiger partial charge >= 0.3 is 0 Å². The number of rotatable bonds is 6. The van der Waals surface area contributed by atoms with Crippen molar-refractivity contribution in [1.82, 2.24) is 0 Å². The molecule has 0 heterocycles. The fraction of sp³-hybridized carbons (Fsp3) is 1.00. The largest absolute Gasteiger partial charge is 0.229 e. The molecule has 0 amide bonds. The molecule has 0 aromatic heterocycles. The fourth-order valence-corrected chi connectivity index (χ4v) is 2.68. The van der Waals surface area contributed by atoms with Crippen LogP contribution < -0.4 is 0 Å². The maximum Gasteiger partial charge on any atom is 0.147 e. The predicted molar refractivity (Wildman–Crippen MR) is 57.6 cm³/mol.